The molecule has 2 unspecified atom stereocenters. The summed E-state index contributed by atoms with van der Waals surface area (Å²) in [6.45, 7) is 7.48. The predicted molar refractivity (Wildman–Crippen MR) is 153 cm³/mol. The first kappa shape index (κ1) is 28.3. The number of nitrogens with zero attached hydrogens (tertiary/aromatic N) is 1. The molecule has 1 saturated heterocycles. The molecule has 0 aromatic heterocycles. The first-order valence-corrected chi connectivity index (χ1v) is 14.8. The Morgan fingerprint density at radius 1 is 1.00 bits per heavy atom. The maximum Gasteiger partial charge on any atom is 0.228 e. The van der Waals surface area contributed by atoms with Crippen LogP contribution < -0.4 is 9.47 Å². The van der Waals surface area contributed by atoms with Gasteiger partial charge < -0.3 is 24.2 Å². The summed E-state index contributed by atoms with van der Waals surface area (Å²) in [5, 5.41) is 12.2. The first-order valence-electron chi connectivity index (χ1n) is 14.4. The minimum Gasteiger partial charge on any atom is -0.493 e. The molecule has 1 aliphatic carbocycles. The van der Waals surface area contributed by atoms with Crippen LogP contribution >= 0.6 is 11.6 Å². The number of benzene rings is 2. The average molecular weight is 556 g/mol. The number of amides is 1. The zero-order chi connectivity index (χ0) is 27.7. The van der Waals surface area contributed by atoms with Crippen LogP contribution in [0.1, 0.15) is 82.0 Å². The molecule has 39 heavy (non-hydrogen) atoms. The number of ether oxygens (including phenoxy) is 3. The number of aliphatic hydroxyl groups is 1. The van der Waals surface area contributed by atoms with Crippen molar-refractivity contribution in [3.63, 3.8) is 0 Å². The fraction of sp³-hybridized carbons (Fsp3) is 0.594. The molecule has 212 valence electrons. The van der Waals surface area contributed by atoms with E-state index in [0.29, 0.717) is 22.9 Å². The predicted octanol–water partition coefficient (Wildman–Crippen LogP) is 6.35. The molecular weight excluding hydrogens is 514 g/mol. The van der Waals surface area contributed by atoms with Crippen LogP contribution in [0.4, 0.5) is 0 Å². The summed E-state index contributed by atoms with van der Waals surface area (Å²) < 4.78 is 17.3. The lowest BCUT2D eigenvalue weighted by molar-refractivity contribution is -0.139. The third-order valence-electron chi connectivity index (χ3n) is 9.14. The minimum atomic E-state index is -0.706. The van der Waals surface area contributed by atoms with Gasteiger partial charge in [-0.3, -0.25) is 4.79 Å². The van der Waals surface area contributed by atoms with E-state index in [-0.39, 0.29) is 35.9 Å². The Hall–Kier alpha value is -2.28. The quantitative estimate of drug-likeness (QED) is 0.431. The second-order valence-electron chi connectivity index (χ2n) is 11.9. The number of hydrogen-bond acceptors (Lipinski definition) is 5. The van der Waals surface area contributed by atoms with Crippen molar-refractivity contribution in [2.45, 2.75) is 89.5 Å². The van der Waals surface area contributed by atoms with Crippen LogP contribution in [0.5, 0.6) is 11.5 Å². The molecule has 0 bridgehead atoms. The molecule has 2 atom stereocenters. The van der Waals surface area contributed by atoms with E-state index in [9.17, 15) is 9.90 Å². The Morgan fingerprint density at radius 2 is 1.64 bits per heavy atom. The van der Waals surface area contributed by atoms with E-state index in [0.717, 1.165) is 68.4 Å². The third kappa shape index (κ3) is 5.79. The zero-order valence-corrected chi connectivity index (χ0v) is 24.4. The van der Waals surface area contributed by atoms with E-state index < -0.39 is 5.60 Å². The van der Waals surface area contributed by atoms with Crippen LogP contribution in [0.25, 0.3) is 0 Å². The number of hydrogen-bond donors (Lipinski definition) is 1. The normalized spacial score (nSPS) is 25.8. The van der Waals surface area contributed by atoms with E-state index >= 15 is 0 Å². The number of rotatable bonds is 7. The van der Waals surface area contributed by atoms with Gasteiger partial charge in [0, 0.05) is 24.3 Å². The molecule has 0 radical (unpaired) electrons. The van der Waals surface area contributed by atoms with Gasteiger partial charge in [-0.25, -0.2) is 0 Å². The van der Waals surface area contributed by atoms with Gasteiger partial charge in [-0.15, -0.1) is 0 Å². The van der Waals surface area contributed by atoms with Gasteiger partial charge >= 0.3 is 0 Å². The molecule has 1 saturated carbocycles. The highest BCUT2D eigenvalue weighted by atomic mass is 35.5. The topological polar surface area (TPSA) is 68.2 Å². The Kier molecular flexibility index (Phi) is 8.46. The maximum atomic E-state index is 13.9. The molecule has 6 nitrogen and oxygen atoms in total. The van der Waals surface area contributed by atoms with E-state index in [2.05, 4.69) is 11.0 Å². The highest BCUT2D eigenvalue weighted by Crippen LogP contribution is 2.47. The van der Waals surface area contributed by atoms with Crippen LogP contribution in [0.2, 0.25) is 5.02 Å². The second kappa shape index (κ2) is 11.7. The molecular formula is C32H42ClNO5. The lowest BCUT2D eigenvalue weighted by Crippen LogP contribution is -2.51. The lowest BCUT2D eigenvalue weighted by Gasteiger charge is -2.48. The third-order valence-corrected chi connectivity index (χ3v) is 9.39. The summed E-state index contributed by atoms with van der Waals surface area (Å²) in [6, 6.07) is 11.7. The van der Waals surface area contributed by atoms with Crippen LogP contribution in [0.15, 0.2) is 36.4 Å². The van der Waals surface area contributed by atoms with Crippen LogP contribution in [-0.2, 0) is 16.0 Å². The van der Waals surface area contributed by atoms with Gasteiger partial charge in [-0.05, 0) is 112 Å². The average Bonchev–Trinajstić information content (AvgIpc) is 2.93. The summed E-state index contributed by atoms with van der Waals surface area (Å²) in [5.74, 6) is 1.97. The van der Waals surface area contributed by atoms with Crippen molar-refractivity contribution in [2.24, 2.45) is 11.8 Å². The molecule has 0 spiro atoms. The minimum absolute atomic E-state index is 0.00828. The van der Waals surface area contributed by atoms with Gasteiger partial charge in [0.1, 0.15) is 0 Å². The van der Waals surface area contributed by atoms with Crippen molar-refractivity contribution in [3.05, 3.63) is 58.1 Å². The number of fused-ring (bicyclic) bond motifs is 1. The fourth-order valence-corrected chi connectivity index (χ4v) is 7.16. The summed E-state index contributed by atoms with van der Waals surface area (Å²) in [6.07, 6.45) is 5.71. The van der Waals surface area contributed by atoms with Crippen molar-refractivity contribution in [3.8, 4) is 11.5 Å². The Morgan fingerprint density at radius 3 is 2.26 bits per heavy atom. The molecule has 1 N–H and O–H groups in total. The van der Waals surface area contributed by atoms with Gasteiger partial charge in [0.05, 0.1) is 31.3 Å². The van der Waals surface area contributed by atoms with Gasteiger partial charge in [0.25, 0.3) is 0 Å². The molecule has 2 fully saturated rings. The zero-order valence-electron chi connectivity index (χ0n) is 23.6. The summed E-state index contributed by atoms with van der Waals surface area (Å²) in [4.78, 5) is 16.0. The Balaban J connectivity index is 1.46. The van der Waals surface area contributed by atoms with Crippen LogP contribution in [0.3, 0.4) is 0 Å². The monoisotopic (exact) mass is 555 g/mol. The molecule has 2 aromatic rings. The van der Waals surface area contributed by atoms with Crippen LogP contribution in [-0.4, -0.2) is 54.0 Å². The van der Waals surface area contributed by atoms with Gasteiger partial charge in [-0.1, -0.05) is 23.7 Å². The molecule has 1 amide bonds. The SMILES string of the molecule is COc1cc2c(cc1OC(C)C)C(c1ccc(Cl)cc1)N([C@H]1CC[C@H](C(C)(O)C3CCOCC3)CC1)C(=O)C2. The van der Waals surface area contributed by atoms with Crippen molar-refractivity contribution < 1.29 is 24.1 Å². The first-order chi connectivity index (χ1) is 18.7. The number of halogens is 1. The fourth-order valence-electron chi connectivity index (χ4n) is 7.03. The molecule has 2 aromatic carbocycles. The smallest absolute Gasteiger partial charge is 0.228 e. The van der Waals surface area contributed by atoms with E-state index in [4.69, 9.17) is 25.8 Å². The summed E-state index contributed by atoms with van der Waals surface area (Å²) in [7, 11) is 1.64. The van der Waals surface area contributed by atoms with Crippen LogP contribution in [0, 0.1) is 11.8 Å². The Bertz CT molecular complexity index is 1150. The van der Waals surface area contributed by atoms with Crippen molar-refractivity contribution >= 4 is 17.5 Å². The van der Waals surface area contributed by atoms with Crippen molar-refractivity contribution in [2.75, 3.05) is 20.3 Å². The van der Waals surface area contributed by atoms with E-state index in [1.807, 2.05) is 51.1 Å². The van der Waals surface area contributed by atoms with Gasteiger partial charge in [-0.2, -0.15) is 0 Å². The largest absolute Gasteiger partial charge is 0.493 e. The molecule has 2 aliphatic heterocycles. The lowest BCUT2D eigenvalue weighted by atomic mass is 9.68. The van der Waals surface area contributed by atoms with E-state index in [1.54, 1.807) is 7.11 Å². The number of methoxy groups -OCH3 is 1. The highest BCUT2D eigenvalue weighted by molar-refractivity contribution is 6.30. The van der Waals surface area contributed by atoms with Gasteiger partial charge in [0.2, 0.25) is 5.91 Å². The standard InChI is InChI=1S/C32H42ClNO5/c1-20(2)39-29-19-27-22(17-28(29)37-4)18-30(35)34(31(27)21-5-9-25(33)10-6-21)26-11-7-23(8-12-26)32(3,36)24-13-15-38-16-14-24/h5-6,9-10,17,19-20,23-24,26,31,36H,7-8,11-16,18H2,1-4H3/t23-,26-,31?,32?. The Labute approximate surface area is 237 Å². The molecule has 5 rings (SSSR count). The number of carbonyl (C=O) groups is 1. The highest BCUT2D eigenvalue weighted by Gasteiger charge is 2.45. The van der Waals surface area contributed by atoms with Crippen molar-refractivity contribution in [1.29, 1.82) is 0 Å². The summed E-state index contributed by atoms with van der Waals surface area (Å²) >= 11 is 6.26. The maximum absolute atomic E-state index is 13.9. The molecule has 7 heteroatoms. The molecule has 3 aliphatic rings. The molecule has 2 heterocycles. The van der Waals surface area contributed by atoms with E-state index in [1.165, 1.54) is 0 Å². The van der Waals surface area contributed by atoms with Crippen molar-refractivity contribution in [1.82, 2.24) is 4.90 Å². The van der Waals surface area contributed by atoms with Gasteiger partial charge in [0.15, 0.2) is 11.5 Å². The number of carbonyl (C=O) groups excluding carboxylic acids is 1. The second-order valence-corrected chi connectivity index (χ2v) is 12.4. The summed E-state index contributed by atoms with van der Waals surface area (Å²) in [5.41, 5.74) is 2.37.